The van der Waals surface area contributed by atoms with E-state index in [0.717, 1.165) is 5.92 Å². The van der Waals surface area contributed by atoms with Crippen molar-refractivity contribution in [3.63, 3.8) is 0 Å². The lowest BCUT2D eigenvalue weighted by atomic mass is 10.1. The molecule has 1 atom stereocenters. The van der Waals surface area contributed by atoms with Crippen molar-refractivity contribution in [1.82, 2.24) is 4.90 Å². The summed E-state index contributed by atoms with van der Waals surface area (Å²) in [6.07, 6.45) is 0. The van der Waals surface area contributed by atoms with Crippen LogP contribution in [0, 0.1) is 5.92 Å². The minimum absolute atomic E-state index is 0.704. The van der Waals surface area contributed by atoms with Gasteiger partial charge in [-0.05, 0) is 26.9 Å². The molecular formula is C7H17N. The number of hydrogen-bond donors (Lipinski definition) is 0. The average molecular weight is 115 g/mol. The monoisotopic (exact) mass is 115 g/mol. The summed E-state index contributed by atoms with van der Waals surface area (Å²) in [7, 11) is 4.23. The second-order valence-electron chi connectivity index (χ2n) is 2.95. The Morgan fingerprint density at radius 3 is 1.38 bits per heavy atom. The predicted octanol–water partition coefficient (Wildman–Crippen LogP) is 1.59. The first-order valence-electron chi connectivity index (χ1n) is 3.22. The van der Waals surface area contributed by atoms with Gasteiger partial charge in [0.1, 0.15) is 0 Å². The Balaban J connectivity index is 3.46. The van der Waals surface area contributed by atoms with Crippen LogP contribution in [0.2, 0.25) is 0 Å². The van der Waals surface area contributed by atoms with Crippen LogP contribution in [0.5, 0.6) is 0 Å². The predicted molar refractivity (Wildman–Crippen MR) is 38.0 cm³/mol. The minimum atomic E-state index is 0.704. The van der Waals surface area contributed by atoms with E-state index in [1.807, 2.05) is 0 Å². The maximum atomic E-state index is 2.24. The molecule has 0 aliphatic carbocycles. The van der Waals surface area contributed by atoms with E-state index in [1.54, 1.807) is 0 Å². The smallest absolute Gasteiger partial charge is 0.00838 e. The molecular weight excluding hydrogens is 98.1 g/mol. The van der Waals surface area contributed by atoms with Crippen LogP contribution in [0.15, 0.2) is 0 Å². The molecule has 0 N–H and O–H groups in total. The molecule has 0 unspecified atom stereocenters. The molecule has 0 amide bonds. The third-order valence-corrected chi connectivity index (χ3v) is 1.78. The molecule has 1 heteroatoms. The molecule has 0 heterocycles. The lowest BCUT2D eigenvalue weighted by molar-refractivity contribution is 0.251. The summed E-state index contributed by atoms with van der Waals surface area (Å²) in [5.41, 5.74) is 0. The van der Waals surface area contributed by atoms with Crippen molar-refractivity contribution in [2.45, 2.75) is 26.8 Å². The third kappa shape index (κ3) is 2.31. The topological polar surface area (TPSA) is 3.24 Å². The fourth-order valence-corrected chi connectivity index (χ4v) is 0.596. The van der Waals surface area contributed by atoms with Gasteiger partial charge in [-0.1, -0.05) is 13.8 Å². The Morgan fingerprint density at radius 2 is 1.38 bits per heavy atom. The molecule has 8 heavy (non-hydrogen) atoms. The molecule has 1 nitrogen and oxygen atoms in total. The van der Waals surface area contributed by atoms with Crippen LogP contribution in [0.3, 0.4) is 0 Å². The van der Waals surface area contributed by atoms with Crippen molar-refractivity contribution >= 4 is 0 Å². The quantitative estimate of drug-likeness (QED) is 0.528. The molecule has 0 aliphatic heterocycles. The van der Waals surface area contributed by atoms with E-state index in [1.165, 1.54) is 0 Å². The summed E-state index contributed by atoms with van der Waals surface area (Å²) in [4.78, 5) is 2.24. The van der Waals surface area contributed by atoms with E-state index in [4.69, 9.17) is 0 Å². The van der Waals surface area contributed by atoms with Crippen molar-refractivity contribution in [3.8, 4) is 0 Å². The van der Waals surface area contributed by atoms with E-state index in [2.05, 4.69) is 39.8 Å². The minimum Gasteiger partial charge on any atom is -0.306 e. The molecule has 0 aromatic carbocycles. The number of rotatable bonds is 2. The molecule has 0 fully saturated rings. The fraction of sp³-hybridized carbons (Fsp3) is 1.00. The summed E-state index contributed by atoms with van der Waals surface area (Å²) in [6, 6.07) is 0.704. The molecule has 0 rings (SSSR count). The van der Waals surface area contributed by atoms with Crippen molar-refractivity contribution in [3.05, 3.63) is 0 Å². The Labute approximate surface area is 52.7 Å². The van der Waals surface area contributed by atoms with Gasteiger partial charge in [0, 0.05) is 6.04 Å². The van der Waals surface area contributed by atoms with Gasteiger partial charge in [0.15, 0.2) is 0 Å². The maximum Gasteiger partial charge on any atom is 0.00838 e. The molecule has 0 aromatic heterocycles. The highest BCUT2D eigenvalue weighted by atomic mass is 15.1. The van der Waals surface area contributed by atoms with Crippen molar-refractivity contribution in [1.29, 1.82) is 0 Å². The summed E-state index contributed by atoms with van der Waals surface area (Å²) >= 11 is 0. The largest absolute Gasteiger partial charge is 0.306 e. The highest BCUT2D eigenvalue weighted by Gasteiger charge is 2.07. The Bertz CT molecular complexity index is 49.4. The molecule has 50 valence electrons. The molecule has 0 bridgehead atoms. The molecule has 0 aliphatic rings. The van der Waals surface area contributed by atoms with Crippen molar-refractivity contribution in [2.75, 3.05) is 14.1 Å². The summed E-state index contributed by atoms with van der Waals surface area (Å²) in [5, 5.41) is 0. The third-order valence-electron chi connectivity index (χ3n) is 1.78. The highest BCUT2D eigenvalue weighted by Crippen LogP contribution is 2.04. The van der Waals surface area contributed by atoms with Crippen LogP contribution in [-0.2, 0) is 0 Å². The van der Waals surface area contributed by atoms with Gasteiger partial charge in [-0.3, -0.25) is 0 Å². The van der Waals surface area contributed by atoms with E-state index >= 15 is 0 Å². The molecule has 0 saturated heterocycles. The van der Waals surface area contributed by atoms with Crippen LogP contribution in [0.25, 0.3) is 0 Å². The Kier molecular flexibility index (Phi) is 3.06. The van der Waals surface area contributed by atoms with Crippen LogP contribution < -0.4 is 0 Å². The first-order valence-corrected chi connectivity index (χ1v) is 3.22. The van der Waals surface area contributed by atoms with Gasteiger partial charge < -0.3 is 4.90 Å². The van der Waals surface area contributed by atoms with Crippen molar-refractivity contribution < 1.29 is 0 Å². The lowest BCUT2D eigenvalue weighted by Gasteiger charge is -2.22. The summed E-state index contributed by atoms with van der Waals surface area (Å²) in [6.45, 7) is 6.72. The molecule has 0 spiro atoms. The standard InChI is InChI=1S/C7H17N/c1-6(2)7(3)8(4)5/h6-7H,1-5H3/t7-/m0/s1. The highest BCUT2D eigenvalue weighted by molar-refractivity contribution is 4.61. The van der Waals surface area contributed by atoms with Crippen LogP contribution in [0.4, 0.5) is 0 Å². The van der Waals surface area contributed by atoms with Gasteiger partial charge in [-0.25, -0.2) is 0 Å². The SMILES string of the molecule is CC(C)[C@H](C)N(C)C. The molecule has 0 saturated carbocycles. The van der Waals surface area contributed by atoms with Crippen molar-refractivity contribution in [2.24, 2.45) is 5.92 Å². The first-order chi connectivity index (χ1) is 3.55. The number of hydrogen-bond acceptors (Lipinski definition) is 1. The van der Waals surface area contributed by atoms with E-state index < -0.39 is 0 Å². The normalized spacial score (nSPS) is 15.4. The maximum absolute atomic E-state index is 2.24. The van der Waals surface area contributed by atoms with Crippen LogP contribution in [-0.4, -0.2) is 25.0 Å². The van der Waals surface area contributed by atoms with Crippen LogP contribution >= 0.6 is 0 Å². The summed E-state index contributed by atoms with van der Waals surface area (Å²) in [5.74, 6) is 0.769. The molecule has 0 aromatic rings. The van der Waals surface area contributed by atoms with Gasteiger partial charge in [0.2, 0.25) is 0 Å². The van der Waals surface area contributed by atoms with Gasteiger partial charge in [-0.15, -0.1) is 0 Å². The second-order valence-corrected chi connectivity index (χ2v) is 2.95. The average Bonchev–Trinajstić information content (AvgIpc) is 1.64. The van der Waals surface area contributed by atoms with Gasteiger partial charge in [0.25, 0.3) is 0 Å². The second kappa shape index (κ2) is 3.08. The first kappa shape index (κ1) is 7.96. The Hall–Kier alpha value is -0.0400. The molecule has 0 radical (unpaired) electrons. The van der Waals surface area contributed by atoms with Crippen LogP contribution in [0.1, 0.15) is 20.8 Å². The zero-order chi connectivity index (χ0) is 6.73. The number of nitrogens with zero attached hydrogens (tertiary/aromatic N) is 1. The van der Waals surface area contributed by atoms with E-state index in [9.17, 15) is 0 Å². The zero-order valence-electron chi connectivity index (χ0n) is 6.60. The fourth-order valence-electron chi connectivity index (χ4n) is 0.596. The summed E-state index contributed by atoms with van der Waals surface area (Å²) < 4.78 is 0. The van der Waals surface area contributed by atoms with E-state index in [0.29, 0.717) is 6.04 Å². The Morgan fingerprint density at radius 1 is 1.00 bits per heavy atom. The van der Waals surface area contributed by atoms with E-state index in [-0.39, 0.29) is 0 Å². The van der Waals surface area contributed by atoms with Gasteiger partial charge in [-0.2, -0.15) is 0 Å². The van der Waals surface area contributed by atoms with Gasteiger partial charge in [0.05, 0.1) is 0 Å². The lowest BCUT2D eigenvalue weighted by Crippen LogP contribution is -2.29. The zero-order valence-corrected chi connectivity index (χ0v) is 6.60. The van der Waals surface area contributed by atoms with Gasteiger partial charge >= 0.3 is 0 Å².